The Morgan fingerprint density at radius 1 is 0.897 bits per heavy atom. The molecular formula is C25H29N2OS+. The summed E-state index contributed by atoms with van der Waals surface area (Å²) in [5.41, 5.74) is 2.38. The van der Waals surface area contributed by atoms with E-state index in [1.54, 1.807) is 16.2 Å². The molecule has 1 fully saturated rings. The first-order chi connectivity index (χ1) is 14.3. The molecule has 0 radical (unpaired) electrons. The molecule has 2 heterocycles. The van der Waals surface area contributed by atoms with Gasteiger partial charge in [-0.15, -0.1) is 11.3 Å². The van der Waals surface area contributed by atoms with Crippen molar-refractivity contribution in [3.05, 3.63) is 94.2 Å². The van der Waals surface area contributed by atoms with E-state index < -0.39 is 0 Å². The van der Waals surface area contributed by atoms with E-state index in [0.29, 0.717) is 19.0 Å². The van der Waals surface area contributed by atoms with Crippen LogP contribution in [0, 0.1) is 0 Å². The predicted octanol–water partition coefficient (Wildman–Crippen LogP) is 3.81. The second kappa shape index (κ2) is 9.86. The van der Waals surface area contributed by atoms with Crippen molar-refractivity contribution in [1.82, 2.24) is 5.32 Å². The Kier molecular flexibility index (Phi) is 6.75. The molecule has 4 heteroatoms. The van der Waals surface area contributed by atoms with Crippen LogP contribution in [-0.2, 0) is 4.79 Å². The molecule has 2 aromatic carbocycles. The lowest BCUT2D eigenvalue weighted by Crippen LogP contribution is -3.11. The average molecular weight is 406 g/mol. The van der Waals surface area contributed by atoms with E-state index in [-0.39, 0.29) is 11.8 Å². The fourth-order valence-electron chi connectivity index (χ4n) is 4.39. The molecule has 150 valence electrons. The Bertz CT molecular complexity index is 834. The fourth-order valence-corrected chi connectivity index (χ4v) is 5.27. The highest BCUT2D eigenvalue weighted by Crippen LogP contribution is 2.28. The van der Waals surface area contributed by atoms with Crippen LogP contribution in [0.15, 0.2) is 78.2 Å². The first-order valence-corrected chi connectivity index (χ1v) is 11.4. The van der Waals surface area contributed by atoms with Gasteiger partial charge in [0.05, 0.1) is 24.5 Å². The van der Waals surface area contributed by atoms with E-state index in [1.807, 2.05) is 36.4 Å². The molecule has 3 aromatic rings. The third-order valence-corrected chi connectivity index (χ3v) is 6.91. The van der Waals surface area contributed by atoms with Crippen molar-refractivity contribution in [2.24, 2.45) is 0 Å². The summed E-state index contributed by atoms with van der Waals surface area (Å²) in [4.78, 5) is 16.0. The number of hydrogen-bond acceptors (Lipinski definition) is 2. The zero-order chi connectivity index (χ0) is 19.9. The van der Waals surface area contributed by atoms with Crippen molar-refractivity contribution in [3.63, 3.8) is 0 Å². The van der Waals surface area contributed by atoms with Crippen LogP contribution in [0.5, 0.6) is 0 Å². The van der Waals surface area contributed by atoms with Gasteiger partial charge >= 0.3 is 0 Å². The molecule has 1 aromatic heterocycles. The molecule has 0 unspecified atom stereocenters. The largest absolute Gasteiger partial charge is 0.350 e. The van der Waals surface area contributed by atoms with Crippen LogP contribution in [0.1, 0.15) is 47.2 Å². The van der Waals surface area contributed by atoms with Crippen LogP contribution in [0.2, 0.25) is 0 Å². The summed E-state index contributed by atoms with van der Waals surface area (Å²) in [5, 5.41) is 5.40. The number of hydrogen-bond donors (Lipinski definition) is 2. The monoisotopic (exact) mass is 405 g/mol. The summed E-state index contributed by atoms with van der Waals surface area (Å²) in [5.74, 6) is 0.208. The Morgan fingerprint density at radius 2 is 1.52 bits per heavy atom. The normalized spacial score (nSPS) is 15.5. The predicted molar refractivity (Wildman–Crippen MR) is 119 cm³/mol. The quantitative estimate of drug-likeness (QED) is 0.587. The molecule has 4 rings (SSSR count). The van der Waals surface area contributed by atoms with Crippen LogP contribution in [0.25, 0.3) is 0 Å². The number of quaternary nitrogens is 1. The Labute approximate surface area is 177 Å². The standard InChI is InChI=1S/C25H28N2OS/c28-25(26-19-23(24-14-9-17-29-24)27-15-7-8-16-27)18-22(20-10-3-1-4-11-20)21-12-5-2-6-13-21/h1-6,9-14,17,22-23H,7-8,15-16,18-19H2,(H,26,28)/p+1/t23-/m0/s1. The van der Waals surface area contributed by atoms with Gasteiger partial charge in [0.25, 0.3) is 0 Å². The average Bonchev–Trinajstić information content (AvgIpc) is 3.48. The van der Waals surface area contributed by atoms with E-state index in [9.17, 15) is 4.79 Å². The third kappa shape index (κ3) is 5.14. The van der Waals surface area contributed by atoms with E-state index in [2.05, 4.69) is 47.1 Å². The summed E-state index contributed by atoms with van der Waals surface area (Å²) < 4.78 is 0. The Morgan fingerprint density at radius 3 is 2.07 bits per heavy atom. The second-order valence-corrected chi connectivity index (χ2v) is 8.79. The van der Waals surface area contributed by atoms with Crippen LogP contribution < -0.4 is 10.2 Å². The van der Waals surface area contributed by atoms with Crippen molar-refractivity contribution in [2.75, 3.05) is 19.6 Å². The smallest absolute Gasteiger partial charge is 0.221 e. The molecule has 1 amide bonds. The van der Waals surface area contributed by atoms with Gasteiger partial charge in [-0.3, -0.25) is 4.79 Å². The number of carbonyl (C=O) groups excluding carboxylic acids is 1. The van der Waals surface area contributed by atoms with Gasteiger partial charge in [-0.2, -0.15) is 0 Å². The molecule has 2 N–H and O–H groups in total. The summed E-state index contributed by atoms with van der Waals surface area (Å²) in [6.07, 6.45) is 3.05. The van der Waals surface area contributed by atoms with Crippen LogP contribution in [0.4, 0.5) is 0 Å². The summed E-state index contributed by atoms with van der Waals surface area (Å²) in [6, 6.07) is 25.4. The molecule has 3 nitrogen and oxygen atoms in total. The van der Waals surface area contributed by atoms with Gasteiger partial charge in [0.1, 0.15) is 6.04 Å². The Hall–Kier alpha value is -2.43. The molecule has 29 heavy (non-hydrogen) atoms. The third-order valence-electron chi connectivity index (χ3n) is 5.92. The van der Waals surface area contributed by atoms with E-state index in [0.717, 1.165) is 0 Å². The van der Waals surface area contributed by atoms with E-state index in [4.69, 9.17) is 0 Å². The maximum Gasteiger partial charge on any atom is 0.221 e. The van der Waals surface area contributed by atoms with Gasteiger partial charge in [0.2, 0.25) is 5.91 Å². The van der Waals surface area contributed by atoms with Crippen molar-refractivity contribution in [3.8, 4) is 0 Å². The minimum absolute atomic E-state index is 0.0803. The first-order valence-electron chi connectivity index (χ1n) is 10.6. The molecular weight excluding hydrogens is 376 g/mol. The van der Waals surface area contributed by atoms with Crippen LogP contribution in [0.3, 0.4) is 0 Å². The number of carbonyl (C=O) groups is 1. The maximum absolute atomic E-state index is 13.0. The van der Waals surface area contributed by atoms with Crippen LogP contribution in [-0.4, -0.2) is 25.5 Å². The minimum Gasteiger partial charge on any atom is -0.350 e. The van der Waals surface area contributed by atoms with Gasteiger partial charge in [-0.25, -0.2) is 0 Å². The van der Waals surface area contributed by atoms with Gasteiger partial charge < -0.3 is 10.2 Å². The molecule has 0 aliphatic carbocycles. The van der Waals surface area contributed by atoms with Gasteiger partial charge in [-0.05, 0) is 22.6 Å². The molecule has 1 saturated heterocycles. The molecule has 0 spiro atoms. The second-order valence-electron chi connectivity index (χ2n) is 7.82. The lowest BCUT2D eigenvalue weighted by atomic mass is 9.88. The van der Waals surface area contributed by atoms with Gasteiger partial charge in [0.15, 0.2) is 0 Å². The zero-order valence-electron chi connectivity index (χ0n) is 16.7. The highest BCUT2D eigenvalue weighted by atomic mass is 32.1. The van der Waals surface area contributed by atoms with E-state index >= 15 is 0 Å². The Balaban J connectivity index is 1.45. The highest BCUT2D eigenvalue weighted by molar-refractivity contribution is 7.10. The highest BCUT2D eigenvalue weighted by Gasteiger charge is 2.29. The minimum atomic E-state index is 0.0803. The molecule has 1 aliphatic heterocycles. The van der Waals surface area contributed by atoms with Crippen LogP contribution >= 0.6 is 11.3 Å². The fraction of sp³-hybridized carbons (Fsp3) is 0.320. The first kappa shape index (κ1) is 19.9. The molecule has 0 saturated carbocycles. The molecule has 0 bridgehead atoms. The van der Waals surface area contributed by atoms with Crippen molar-refractivity contribution in [2.45, 2.75) is 31.2 Å². The summed E-state index contributed by atoms with van der Waals surface area (Å²) in [6.45, 7) is 3.12. The maximum atomic E-state index is 13.0. The summed E-state index contributed by atoms with van der Waals surface area (Å²) >= 11 is 1.81. The number of likely N-dealkylation sites (tertiary alicyclic amines) is 1. The van der Waals surface area contributed by atoms with E-state index in [1.165, 1.54) is 41.9 Å². The topological polar surface area (TPSA) is 33.5 Å². The molecule has 1 atom stereocenters. The number of amides is 1. The zero-order valence-corrected chi connectivity index (χ0v) is 17.5. The van der Waals surface area contributed by atoms with Gasteiger partial charge in [0, 0.05) is 25.2 Å². The number of nitrogens with one attached hydrogen (secondary N) is 2. The van der Waals surface area contributed by atoms with Crippen molar-refractivity contribution in [1.29, 1.82) is 0 Å². The van der Waals surface area contributed by atoms with Gasteiger partial charge in [-0.1, -0.05) is 66.7 Å². The SMILES string of the molecule is O=C(CC(c1ccccc1)c1ccccc1)NC[C@@H](c1cccs1)[NH+]1CCCC1. The van der Waals surface area contributed by atoms with Crippen molar-refractivity contribution < 1.29 is 9.69 Å². The molecule has 1 aliphatic rings. The number of rotatable bonds is 8. The van der Waals surface area contributed by atoms with Crippen molar-refractivity contribution >= 4 is 17.2 Å². The lowest BCUT2D eigenvalue weighted by Gasteiger charge is -2.24. The lowest BCUT2D eigenvalue weighted by molar-refractivity contribution is -0.918. The number of benzene rings is 2. The number of thiophene rings is 1. The summed E-state index contributed by atoms with van der Waals surface area (Å²) in [7, 11) is 0.